The fourth-order valence-corrected chi connectivity index (χ4v) is 1.34. The van der Waals surface area contributed by atoms with Crippen molar-refractivity contribution >= 4 is 0 Å². The summed E-state index contributed by atoms with van der Waals surface area (Å²) >= 11 is 0. The zero-order valence-electron chi connectivity index (χ0n) is 10.0. The van der Waals surface area contributed by atoms with E-state index < -0.39 is 0 Å². The summed E-state index contributed by atoms with van der Waals surface area (Å²) in [6.45, 7) is 1.61. The fourth-order valence-electron chi connectivity index (χ4n) is 1.34. The largest absolute Gasteiger partial charge is 0.497 e. The van der Waals surface area contributed by atoms with Crippen LogP contribution in [0.1, 0.15) is 5.56 Å². The van der Waals surface area contributed by atoms with Gasteiger partial charge < -0.3 is 25.1 Å². The third kappa shape index (κ3) is 4.60. The van der Waals surface area contributed by atoms with Crippen molar-refractivity contribution in [1.29, 1.82) is 0 Å². The molecular formula is C12H19NO4. The van der Waals surface area contributed by atoms with Crippen LogP contribution >= 0.6 is 0 Å². The number of hydrogen-bond donors (Lipinski definition) is 2. The van der Waals surface area contributed by atoms with Gasteiger partial charge in [-0.1, -0.05) is 6.07 Å². The Kier molecular flexibility index (Phi) is 6.39. The first-order valence-corrected chi connectivity index (χ1v) is 5.50. The van der Waals surface area contributed by atoms with Crippen LogP contribution in [-0.4, -0.2) is 38.6 Å². The Bertz CT molecular complexity index is 330. The highest BCUT2D eigenvalue weighted by atomic mass is 16.5. The minimum absolute atomic E-state index is 0.0210. The summed E-state index contributed by atoms with van der Waals surface area (Å²) in [5.41, 5.74) is 6.53. The van der Waals surface area contributed by atoms with Gasteiger partial charge in [0.15, 0.2) is 0 Å². The monoisotopic (exact) mass is 241 g/mol. The van der Waals surface area contributed by atoms with E-state index in [2.05, 4.69) is 0 Å². The van der Waals surface area contributed by atoms with Crippen LogP contribution in [0.25, 0.3) is 0 Å². The standard InChI is InChI=1S/C12H19NO4/c1-15-11-3-2-10(9-13)12(8-11)17-7-6-16-5-4-14/h2-3,8,14H,4-7,9,13H2,1H3. The summed E-state index contributed by atoms with van der Waals surface area (Å²) in [4.78, 5) is 0. The van der Waals surface area contributed by atoms with Crippen molar-refractivity contribution in [1.82, 2.24) is 0 Å². The van der Waals surface area contributed by atoms with E-state index in [1.165, 1.54) is 0 Å². The molecule has 0 atom stereocenters. The van der Waals surface area contributed by atoms with Crippen LogP contribution in [0.5, 0.6) is 11.5 Å². The lowest BCUT2D eigenvalue weighted by Crippen LogP contribution is -2.11. The molecule has 17 heavy (non-hydrogen) atoms. The van der Waals surface area contributed by atoms with Crippen molar-refractivity contribution in [3.8, 4) is 11.5 Å². The van der Waals surface area contributed by atoms with E-state index in [9.17, 15) is 0 Å². The molecule has 0 saturated heterocycles. The van der Waals surface area contributed by atoms with Crippen LogP contribution in [0.4, 0.5) is 0 Å². The number of rotatable bonds is 8. The quantitative estimate of drug-likeness (QED) is 0.650. The fraction of sp³-hybridized carbons (Fsp3) is 0.500. The molecule has 0 unspecified atom stereocenters. The van der Waals surface area contributed by atoms with Gasteiger partial charge in [-0.25, -0.2) is 0 Å². The molecule has 5 heteroatoms. The molecule has 0 amide bonds. The van der Waals surface area contributed by atoms with Crippen molar-refractivity contribution in [2.45, 2.75) is 6.54 Å². The van der Waals surface area contributed by atoms with Crippen LogP contribution in [0.15, 0.2) is 18.2 Å². The maximum atomic E-state index is 8.53. The van der Waals surface area contributed by atoms with Gasteiger partial charge in [-0.05, 0) is 6.07 Å². The molecule has 0 aliphatic carbocycles. The lowest BCUT2D eigenvalue weighted by Gasteiger charge is -2.12. The Labute approximate surface area is 101 Å². The number of aliphatic hydroxyl groups excluding tert-OH is 1. The lowest BCUT2D eigenvalue weighted by molar-refractivity contribution is 0.0702. The number of aliphatic hydroxyl groups is 1. The number of ether oxygens (including phenoxy) is 3. The average molecular weight is 241 g/mol. The molecule has 0 aliphatic rings. The highest BCUT2D eigenvalue weighted by Gasteiger charge is 2.04. The molecule has 0 aromatic heterocycles. The summed E-state index contributed by atoms with van der Waals surface area (Å²) < 4.78 is 15.8. The van der Waals surface area contributed by atoms with Crippen LogP contribution in [0.2, 0.25) is 0 Å². The van der Waals surface area contributed by atoms with E-state index in [4.69, 9.17) is 25.1 Å². The van der Waals surface area contributed by atoms with Gasteiger partial charge in [0.25, 0.3) is 0 Å². The summed E-state index contributed by atoms with van der Waals surface area (Å²) in [7, 11) is 1.60. The molecule has 0 radical (unpaired) electrons. The Balaban J connectivity index is 2.49. The predicted molar refractivity (Wildman–Crippen MR) is 64.3 cm³/mol. The maximum Gasteiger partial charge on any atom is 0.127 e. The van der Waals surface area contributed by atoms with Gasteiger partial charge in [0.1, 0.15) is 18.1 Å². The Morgan fingerprint density at radius 1 is 1.24 bits per heavy atom. The molecular weight excluding hydrogens is 222 g/mol. The van der Waals surface area contributed by atoms with Gasteiger partial charge >= 0.3 is 0 Å². The average Bonchev–Trinajstić information content (AvgIpc) is 2.38. The number of hydrogen-bond acceptors (Lipinski definition) is 5. The van der Waals surface area contributed by atoms with E-state index in [0.717, 1.165) is 11.3 Å². The van der Waals surface area contributed by atoms with Crippen LogP contribution < -0.4 is 15.2 Å². The molecule has 0 heterocycles. The minimum Gasteiger partial charge on any atom is -0.497 e. The van der Waals surface area contributed by atoms with Gasteiger partial charge in [-0.2, -0.15) is 0 Å². The summed E-state index contributed by atoms with van der Waals surface area (Å²) in [5.74, 6) is 1.44. The molecule has 0 aliphatic heterocycles. The van der Waals surface area contributed by atoms with Crippen molar-refractivity contribution in [2.24, 2.45) is 5.73 Å². The van der Waals surface area contributed by atoms with Gasteiger partial charge in [0.2, 0.25) is 0 Å². The maximum absolute atomic E-state index is 8.53. The van der Waals surface area contributed by atoms with Gasteiger partial charge in [-0.15, -0.1) is 0 Å². The van der Waals surface area contributed by atoms with Crippen LogP contribution in [0, 0.1) is 0 Å². The third-order valence-corrected chi connectivity index (χ3v) is 2.22. The first-order chi connectivity index (χ1) is 8.31. The van der Waals surface area contributed by atoms with Crippen molar-refractivity contribution in [2.75, 3.05) is 33.5 Å². The smallest absolute Gasteiger partial charge is 0.127 e. The van der Waals surface area contributed by atoms with Crippen molar-refractivity contribution < 1.29 is 19.3 Å². The zero-order chi connectivity index (χ0) is 12.5. The molecule has 96 valence electrons. The number of nitrogens with two attached hydrogens (primary N) is 1. The van der Waals surface area contributed by atoms with Crippen molar-refractivity contribution in [3.05, 3.63) is 23.8 Å². The number of methoxy groups -OCH3 is 1. The molecule has 5 nitrogen and oxygen atoms in total. The van der Waals surface area contributed by atoms with Gasteiger partial charge in [-0.3, -0.25) is 0 Å². The molecule has 0 bridgehead atoms. The third-order valence-electron chi connectivity index (χ3n) is 2.22. The molecule has 1 aromatic carbocycles. The van der Waals surface area contributed by atoms with E-state index >= 15 is 0 Å². The number of benzene rings is 1. The van der Waals surface area contributed by atoms with E-state index in [0.29, 0.717) is 32.1 Å². The highest BCUT2D eigenvalue weighted by Crippen LogP contribution is 2.24. The highest BCUT2D eigenvalue weighted by molar-refractivity contribution is 5.40. The minimum atomic E-state index is 0.0210. The normalized spacial score (nSPS) is 10.3. The van der Waals surface area contributed by atoms with Crippen LogP contribution in [0.3, 0.4) is 0 Å². The lowest BCUT2D eigenvalue weighted by atomic mass is 10.2. The van der Waals surface area contributed by atoms with Crippen molar-refractivity contribution in [3.63, 3.8) is 0 Å². The molecule has 1 aromatic rings. The second-order valence-electron chi connectivity index (χ2n) is 3.36. The predicted octanol–water partition coefficient (Wildman–Crippen LogP) is 0.542. The molecule has 3 N–H and O–H groups in total. The SMILES string of the molecule is COc1ccc(CN)c(OCCOCCO)c1. The second-order valence-corrected chi connectivity index (χ2v) is 3.36. The molecule has 0 spiro atoms. The topological polar surface area (TPSA) is 73.9 Å². The molecule has 0 saturated carbocycles. The summed E-state index contributed by atoms with van der Waals surface area (Å²) in [6, 6.07) is 5.52. The summed E-state index contributed by atoms with van der Waals surface area (Å²) in [5, 5.41) is 8.53. The van der Waals surface area contributed by atoms with Gasteiger partial charge in [0, 0.05) is 18.2 Å². The second kappa shape index (κ2) is 7.89. The van der Waals surface area contributed by atoms with Crippen LogP contribution in [-0.2, 0) is 11.3 Å². The first-order valence-electron chi connectivity index (χ1n) is 5.50. The van der Waals surface area contributed by atoms with Gasteiger partial charge in [0.05, 0.1) is 26.9 Å². The van der Waals surface area contributed by atoms with E-state index in [1.54, 1.807) is 13.2 Å². The van der Waals surface area contributed by atoms with E-state index in [1.807, 2.05) is 12.1 Å². The Morgan fingerprint density at radius 2 is 2.06 bits per heavy atom. The van der Waals surface area contributed by atoms with E-state index in [-0.39, 0.29) is 6.61 Å². The molecule has 1 rings (SSSR count). The Morgan fingerprint density at radius 3 is 2.71 bits per heavy atom. The Hall–Kier alpha value is -1.30. The first kappa shape index (κ1) is 13.8. The molecule has 0 fully saturated rings. The summed E-state index contributed by atoms with van der Waals surface area (Å²) in [6.07, 6.45) is 0. The zero-order valence-corrected chi connectivity index (χ0v) is 10.0.